The second kappa shape index (κ2) is 4.61. The number of carbonyl (C=O) groups is 2. The Kier molecular flexibility index (Phi) is 3.68. The predicted octanol–water partition coefficient (Wildman–Crippen LogP) is -0.541. The van der Waals surface area contributed by atoms with Crippen LogP contribution in [0.2, 0.25) is 0 Å². The van der Waals surface area contributed by atoms with Crippen LogP contribution in [0.1, 0.15) is 27.2 Å². The van der Waals surface area contributed by atoms with Crippen LogP contribution in [-0.2, 0) is 9.59 Å². The topological polar surface area (TPSA) is 75.4 Å². The quantitative estimate of drug-likeness (QED) is 0.661. The largest absolute Gasteiger partial charge is 0.352 e. The number of carbonyl (C=O) groups excluding carboxylic acids is 2. The first-order valence-electron chi connectivity index (χ1n) is 5.30. The van der Waals surface area contributed by atoms with E-state index in [0.29, 0.717) is 13.0 Å². The summed E-state index contributed by atoms with van der Waals surface area (Å²) in [6.45, 7) is 6.09. The van der Waals surface area contributed by atoms with Crippen molar-refractivity contribution in [3.63, 3.8) is 0 Å². The lowest BCUT2D eigenvalue weighted by Crippen LogP contribution is -2.49. The highest BCUT2D eigenvalue weighted by Crippen LogP contribution is 2.12. The van der Waals surface area contributed by atoms with Gasteiger partial charge < -0.3 is 16.0 Å². The lowest BCUT2D eigenvalue weighted by Gasteiger charge is -2.24. The molecule has 0 bridgehead atoms. The SMILES string of the molecule is CC(C)NC(=O)C(C)N1CCC(N)C1=O. The van der Waals surface area contributed by atoms with Gasteiger partial charge in [-0.3, -0.25) is 9.59 Å². The van der Waals surface area contributed by atoms with Crippen molar-refractivity contribution >= 4 is 11.8 Å². The lowest BCUT2D eigenvalue weighted by atomic mass is 10.2. The zero-order chi connectivity index (χ0) is 11.6. The van der Waals surface area contributed by atoms with Gasteiger partial charge in [-0.05, 0) is 27.2 Å². The number of hydrogen-bond acceptors (Lipinski definition) is 3. The molecule has 1 rings (SSSR count). The van der Waals surface area contributed by atoms with Gasteiger partial charge in [0, 0.05) is 12.6 Å². The maximum atomic E-state index is 11.6. The van der Waals surface area contributed by atoms with Crippen LogP contribution in [0, 0.1) is 0 Å². The van der Waals surface area contributed by atoms with E-state index in [-0.39, 0.29) is 17.9 Å². The smallest absolute Gasteiger partial charge is 0.242 e. The summed E-state index contributed by atoms with van der Waals surface area (Å²) in [7, 11) is 0. The fraction of sp³-hybridized carbons (Fsp3) is 0.800. The third-order valence-corrected chi connectivity index (χ3v) is 2.56. The molecule has 86 valence electrons. The fourth-order valence-electron chi connectivity index (χ4n) is 1.66. The van der Waals surface area contributed by atoms with Crippen LogP contribution in [0.5, 0.6) is 0 Å². The molecule has 5 nitrogen and oxygen atoms in total. The monoisotopic (exact) mass is 213 g/mol. The van der Waals surface area contributed by atoms with Gasteiger partial charge in [0.25, 0.3) is 0 Å². The highest BCUT2D eigenvalue weighted by Gasteiger charge is 2.34. The minimum Gasteiger partial charge on any atom is -0.352 e. The van der Waals surface area contributed by atoms with Crippen LogP contribution >= 0.6 is 0 Å². The van der Waals surface area contributed by atoms with E-state index in [1.807, 2.05) is 13.8 Å². The van der Waals surface area contributed by atoms with Crippen LogP contribution in [0.3, 0.4) is 0 Å². The maximum Gasteiger partial charge on any atom is 0.242 e. The average molecular weight is 213 g/mol. The Morgan fingerprint density at radius 2 is 2.13 bits per heavy atom. The van der Waals surface area contributed by atoms with Crippen molar-refractivity contribution < 1.29 is 9.59 Å². The van der Waals surface area contributed by atoms with E-state index in [0.717, 1.165) is 0 Å². The summed E-state index contributed by atoms with van der Waals surface area (Å²) in [5, 5.41) is 2.78. The molecule has 1 heterocycles. The van der Waals surface area contributed by atoms with Gasteiger partial charge in [0.15, 0.2) is 0 Å². The normalized spacial score (nSPS) is 23.4. The molecule has 1 saturated heterocycles. The van der Waals surface area contributed by atoms with Crippen molar-refractivity contribution in [2.75, 3.05) is 6.54 Å². The van der Waals surface area contributed by atoms with E-state index in [2.05, 4.69) is 5.32 Å². The van der Waals surface area contributed by atoms with Crippen molar-refractivity contribution in [3.05, 3.63) is 0 Å². The van der Waals surface area contributed by atoms with Gasteiger partial charge in [-0.15, -0.1) is 0 Å². The van der Waals surface area contributed by atoms with Crippen LogP contribution in [-0.4, -0.2) is 41.4 Å². The lowest BCUT2D eigenvalue weighted by molar-refractivity contribution is -0.137. The molecule has 3 N–H and O–H groups in total. The van der Waals surface area contributed by atoms with Crippen molar-refractivity contribution in [2.24, 2.45) is 5.73 Å². The van der Waals surface area contributed by atoms with Gasteiger partial charge in [-0.25, -0.2) is 0 Å². The molecule has 5 heteroatoms. The van der Waals surface area contributed by atoms with Gasteiger partial charge >= 0.3 is 0 Å². The Hall–Kier alpha value is -1.10. The summed E-state index contributed by atoms with van der Waals surface area (Å²) in [5.41, 5.74) is 5.58. The minimum atomic E-state index is -0.431. The molecular weight excluding hydrogens is 194 g/mol. The summed E-state index contributed by atoms with van der Waals surface area (Å²) in [5.74, 6) is -0.242. The van der Waals surface area contributed by atoms with E-state index < -0.39 is 12.1 Å². The second-order valence-electron chi connectivity index (χ2n) is 4.27. The first-order valence-corrected chi connectivity index (χ1v) is 5.30. The van der Waals surface area contributed by atoms with Crippen LogP contribution in [0.25, 0.3) is 0 Å². The van der Waals surface area contributed by atoms with Crippen LogP contribution < -0.4 is 11.1 Å². The molecule has 1 aliphatic rings. The average Bonchev–Trinajstić information content (AvgIpc) is 2.45. The van der Waals surface area contributed by atoms with Gasteiger partial charge in [-0.2, -0.15) is 0 Å². The molecule has 0 aliphatic carbocycles. The first kappa shape index (κ1) is 12.0. The molecule has 15 heavy (non-hydrogen) atoms. The number of hydrogen-bond donors (Lipinski definition) is 2. The van der Waals surface area contributed by atoms with Crippen molar-refractivity contribution in [2.45, 2.75) is 45.3 Å². The molecule has 0 aromatic heterocycles. The predicted molar refractivity (Wildman–Crippen MR) is 57.0 cm³/mol. The standard InChI is InChI=1S/C10H19N3O2/c1-6(2)12-9(14)7(3)13-5-4-8(11)10(13)15/h6-8H,4-5,11H2,1-3H3,(H,12,14). The number of likely N-dealkylation sites (tertiary alicyclic amines) is 1. The van der Waals surface area contributed by atoms with Gasteiger partial charge in [0.2, 0.25) is 11.8 Å². The summed E-state index contributed by atoms with van der Waals surface area (Å²) in [6, 6.07) is -0.765. The molecule has 2 unspecified atom stereocenters. The zero-order valence-electron chi connectivity index (χ0n) is 9.49. The minimum absolute atomic E-state index is 0.0892. The molecular formula is C10H19N3O2. The van der Waals surface area contributed by atoms with E-state index in [9.17, 15) is 9.59 Å². The van der Waals surface area contributed by atoms with Crippen LogP contribution in [0.4, 0.5) is 0 Å². The fourth-order valence-corrected chi connectivity index (χ4v) is 1.66. The first-order chi connectivity index (χ1) is 6.93. The Balaban J connectivity index is 2.57. The van der Waals surface area contributed by atoms with E-state index >= 15 is 0 Å². The van der Waals surface area contributed by atoms with E-state index in [1.54, 1.807) is 11.8 Å². The van der Waals surface area contributed by atoms with Crippen molar-refractivity contribution in [3.8, 4) is 0 Å². The third kappa shape index (κ3) is 2.68. The number of amides is 2. The van der Waals surface area contributed by atoms with E-state index in [4.69, 9.17) is 5.73 Å². The Bertz CT molecular complexity index is 265. The molecule has 0 aromatic rings. The number of nitrogens with zero attached hydrogens (tertiary/aromatic N) is 1. The molecule has 0 saturated carbocycles. The third-order valence-electron chi connectivity index (χ3n) is 2.56. The molecule has 0 aromatic carbocycles. The summed E-state index contributed by atoms with van der Waals surface area (Å²) in [6.07, 6.45) is 0.637. The molecule has 1 fully saturated rings. The maximum absolute atomic E-state index is 11.6. The molecule has 2 atom stereocenters. The van der Waals surface area contributed by atoms with E-state index in [1.165, 1.54) is 0 Å². The molecule has 1 aliphatic heterocycles. The summed E-state index contributed by atoms with van der Waals surface area (Å²) < 4.78 is 0. The van der Waals surface area contributed by atoms with Gasteiger partial charge in [0.05, 0.1) is 6.04 Å². The number of rotatable bonds is 3. The summed E-state index contributed by atoms with van der Waals surface area (Å²) >= 11 is 0. The zero-order valence-corrected chi connectivity index (χ0v) is 9.49. The molecule has 0 spiro atoms. The van der Waals surface area contributed by atoms with Crippen LogP contribution in [0.15, 0.2) is 0 Å². The Morgan fingerprint density at radius 3 is 2.53 bits per heavy atom. The second-order valence-corrected chi connectivity index (χ2v) is 4.27. The van der Waals surface area contributed by atoms with Crippen molar-refractivity contribution in [1.29, 1.82) is 0 Å². The Morgan fingerprint density at radius 1 is 1.53 bits per heavy atom. The number of nitrogens with two attached hydrogens (primary N) is 1. The van der Waals surface area contributed by atoms with Gasteiger partial charge in [0.1, 0.15) is 6.04 Å². The van der Waals surface area contributed by atoms with Gasteiger partial charge in [-0.1, -0.05) is 0 Å². The molecule has 2 amide bonds. The van der Waals surface area contributed by atoms with Crippen molar-refractivity contribution in [1.82, 2.24) is 10.2 Å². The highest BCUT2D eigenvalue weighted by atomic mass is 16.2. The summed E-state index contributed by atoms with van der Waals surface area (Å²) in [4.78, 5) is 24.7. The highest BCUT2D eigenvalue weighted by molar-refractivity contribution is 5.90. The Labute approximate surface area is 90.0 Å². The molecule has 0 radical (unpaired) electrons. The number of nitrogens with one attached hydrogen (secondary N) is 1.